The lowest BCUT2D eigenvalue weighted by molar-refractivity contribution is -0.142. The number of hydrogen-bond acceptors (Lipinski definition) is 6. The molecule has 0 saturated heterocycles. The number of benzene rings is 2. The van der Waals surface area contributed by atoms with E-state index in [0.29, 0.717) is 11.5 Å². The second-order valence-corrected chi connectivity index (χ2v) is 6.38. The first-order valence-electron chi connectivity index (χ1n) is 7.88. The van der Waals surface area contributed by atoms with Crippen LogP contribution >= 0.6 is 11.8 Å². The van der Waals surface area contributed by atoms with Crippen molar-refractivity contribution < 1.29 is 19.1 Å². The number of nitrogens with zero attached hydrogens (tertiary/aromatic N) is 1. The molecule has 7 heteroatoms. The van der Waals surface area contributed by atoms with Gasteiger partial charge in [-0.05, 0) is 48.9 Å². The van der Waals surface area contributed by atoms with E-state index in [1.54, 1.807) is 30.5 Å². The van der Waals surface area contributed by atoms with Crippen molar-refractivity contribution in [2.24, 2.45) is 5.10 Å². The maximum atomic E-state index is 11.8. The normalized spacial score (nSPS) is 10.5. The summed E-state index contributed by atoms with van der Waals surface area (Å²) in [5, 5.41) is 3.93. The molecule has 0 bridgehead atoms. The Morgan fingerprint density at radius 1 is 1.12 bits per heavy atom. The van der Waals surface area contributed by atoms with Crippen LogP contribution in [0.1, 0.15) is 11.1 Å². The van der Waals surface area contributed by atoms with Crippen LogP contribution in [0.15, 0.2) is 58.5 Å². The van der Waals surface area contributed by atoms with Gasteiger partial charge in [0.1, 0.15) is 5.75 Å². The molecule has 0 spiro atoms. The molecule has 0 aliphatic heterocycles. The van der Waals surface area contributed by atoms with Gasteiger partial charge in [-0.15, -0.1) is 11.8 Å². The molecule has 0 saturated carbocycles. The number of esters is 1. The second-order valence-electron chi connectivity index (χ2n) is 5.33. The lowest BCUT2D eigenvalue weighted by Crippen LogP contribution is -2.19. The van der Waals surface area contributed by atoms with Gasteiger partial charge >= 0.3 is 5.97 Å². The molecule has 0 aliphatic rings. The zero-order chi connectivity index (χ0) is 18.8. The Kier molecular flexibility index (Phi) is 7.70. The summed E-state index contributed by atoms with van der Waals surface area (Å²) in [7, 11) is 1.30. The quantitative estimate of drug-likeness (QED) is 0.334. The lowest BCUT2D eigenvalue weighted by Gasteiger charge is -2.04. The number of rotatable bonds is 8. The minimum atomic E-state index is -0.443. The molecule has 0 atom stereocenters. The zero-order valence-electron chi connectivity index (χ0n) is 14.6. The summed E-state index contributed by atoms with van der Waals surface area (Å²) in [4.78, 5) is 23.8. The van der Waals surface area contributed by atoms with E-state index in [2.05, 4.69) is 15.3 Å². The predicted molar refractivity (Wildman–Crippen MR) is 102 cm³/mol. The van der Waals surface area contributed by atoms with Crippen molar-refractivity contribution in [1.29, 1.82) is 0 Å². The van der Waals surface area contributed by atoms with Crippen LogP contribution in [0.4, 0.5) is 0 Å². The van der Waals surface area contributed by atoms with Crippen LogP contribution in [-0.2, 0) is 14.3 Å². The molecule has 2 aromatic rings. The van der Waals surface area contributed by atoms with Gasteiger partial charge in [-0.3, -0.25) is 4.79 Å². The maximum absolute atomic E-state index is 11.8. The molecule has 6 nitrogen and oxygen atoms in total. The first-order valence-corrected chi connectivity index (χ1v) is 8.86. The van der Waals surface area contributed by atoms with E-state index in [1.165, 1.54) is 24.4 Å². The Labute approximate surface area is 156 Å². The minimum Gasteiger partial charge on any atom is -0.482 e. The smallest absolute Gasteiger partial charge is 0.343 e. The topological polar surface area (TPSA) is 77.0 Å². The maximum Gasteiger partial charge on any atom is 0.343 e. The Morgan fingerprint density at radius 2 is 1.81 bits per heavy atom. The number of carbonyl (C=O) groups is 2. The van der Waals surface area contributed by atoms with Gasteiger partial charge in [-0.1, -0.05) is 17.7 Å². The Morgan fingerprint density at radius 3 is 2.46 bits per heavy atom. The number of carbonyl (C=O) groups excluding carboxylic acids is 2. The summed E-state index contributed by atoms with van der Waals surface area (Å²) in [6.45, 7) is 1.88. The molecule has 2 aromatic carbocycles. The number of methoxy groups -OCH3 is 1. The molecule has 0 heterocycles. The number of ether oxygens (including phenoxy) is 2. The molecular formula is C19H20N2O4S. The lowest BCUT2D eigenvalue weighted by atomic mass is 10.2. The van der Waals surface area contributed by atoms with Crippen molar-refractivity contribution in [3.63, 3.8) is 0 Å². The van der Waals surface area contributed by atoms with E-state index in [-0.39, 0.29) is 12.5 Å². The van der Waals surface area contributed by atoms with Gasteiger partial charge in [0, 0.05) is 4.90 Å². The Hall–Kier alpha value is -2.80. The van der Waals surface area contributed by atoms with Gasteiger partial charge in [0.25, 0.3) is 0 Å². The molecule has 136 valence electrons. The molecule has 1 N–H and O–H groups in total. The van der Waals surface area contributed by atoms with E-state index in [0.717, 1.165) is 10.5 Å². The minimum absolute atomic E-state index is 0.140. The van der Waals surface area contributed by atoms with Crippen molar-refractivity contribution in [2.75, 3.05) is 19.5 Å². The van der Waals surface area contributed by atoms with E-state index in [1.807, 2.05) is 31.2 Å². The fourth-order valence-electron chi connectivity index (χ4n) is 1.85. The van der Waals surface area contributed by atoms with Crippen molar-refractivity contribution in [3.8, 4) is 5.75 Å². The van der Waals surface area contributed by atoms with Crippen LogP contribution in [-0.4, -0.2) is 37.6 Å². The predicted octanol–water partition coefficient (Wildman–Crippen LogP) is 2.79. The summed E-state index contributed by atoms with van der Waals surface area (Å²) in [5.74, 6) is 0.221. The number of hydrogen-bond donors (Lipinski definition) is 1. The largest absolute Gasteiger partial charge is 0.482 e. The highest BCUT2D eigenvalue weighted by atomic mass is 32.2. The number of amides is 1. The highest BCUT2D eigenvalue weighted by molar-refractivity contribution is 8.00. The molecule has 0 aromatic heterocycles. The van der Waals surface area contributed by atoms with Crippen LogP contribution in [0.3, 0.4) is 0 Å². The standard InChI is InChI=1S/C19H20N2O4S/c1-14-3-9-17(10-4-14)26-13-18(22)21-20-11-15-5-7-16(8-6-15)25-12-19(23)24-2/h3-11H,12-13H2,1-2H3,(H,21,22)/b20-11+. The monoisotopic (exact) mass is 372 g/mol. The van der Waals surface area contributed by atoms with E-state index >= 15 is 0 Å². The second kappa shape index (κ2) is 10.2. The highest BCUT2D eigenvalue weighted by Gasteiger charge is 2.02. The van der Waals surface area contributed by atoms with Crippen molar-refractivity contribution in [3.05, 3.63) is 59.7 Å². The summed E-state index contributed by atoms with van der Waals surface area (Å²) < 4.78 is 9.74. The van der Waals surface area contributed by atoms with E-state index in [9.17, 15) is 9.59 Å². The molecule has 0 unspecified atom stereocenters. The van der Waals surface area contributed by atoms with Gasteiger partial charge in [-0.25, -0.2) is 10.2 Å². The fourth-order valence-corrected chi connectivity index (χ4v) is 2.54. The Bertz CT molecular complexity index is 758. The summed E-state index contributed by atoms with van der Waals surface area (Å²) in [6, 6.07) is 14.9. The van der Waals surface area contributed by atoms with Crippen molar-refractivity contribution in [2.45, 2.75) is 11.8 Å². The highest BCUT2D eigenvalue weighted by Crippen LogP contribution is 2.17. The number of nitrogens with one attached hydrogen (secondary N) is 1. The molecule has 0 fully saturated rings. The van der Waals surface area contributed by atoms with Gasteiger partial charge in [0.2, 0.25) is 5.91 Å². The third-order valence-corrected chi connectivity index (χ3v) is 4.27. The SMILES string of the molecule is COC(=O)COc1ccc(/C=N/NC(=O)CSc2ccc(C)cc2)cc1. The van der Waals surface area contributed by atoms with Gasteiger partial charge < -0.3 is 9.47 Å². The molecule has 26 heavy (non-hydrogen) atoms. The number of aryl methyl sites for hydroxylation is 1. The van der Waals surface area contributed by atoms with Crippen LogP contribution in [0.2, 0.25) is 0 Å². The molecule has 2 rings (SSSR count). The summed E-state index contributed by atoms with van der Waals surface area (Å²) >= 11 is 1.45. The van der Waals surface area contributed by atoms with Gasteiger partial charge in [0.05, 0.1) is 19.1 Å². The van der Waals surface area contributed by atoms with Crippen LogP contribution in [0.25, 0.3) is 0 Å². The van der Waals surface area contributed by atoms with Crippen LogP contribution < -0.4 is 10.2 Å². The zero-order valence-corrected chi connectivity index (χ0v) is 15.4. The average molecular weight is 372 g/mol. The number of thioether (sulfide) groups is 1. The van der Waals surface area contributed by atoms with E-state index in [4.69, 9.17) is 4.74 Å². The molecule has 1 amide bonds. The Balaban J connectivity index is 1.74. The first kappa shape index (κ1) is 19.5. The summed E-state index contributed by atoms with van der Waals surface area (Å²) in [6.07, 6.45) is 1.54. The van der Waals surface area contributed by atoms with Crippen LogP contribution in [0.5, 0.6) is 5.75 Å². The van der Waals surface area contributed by atoms with Crippen molar-refractivity contribution in [1.82, 2.24) is 5.43 Å². The fraction of sp³-hybridized carbons (Fsp3) is 0.211. The molecule has 0 aliphatic carbocycles. The molecule has 0 radical (unpaired) electrons. The van der Waals surface area contributed by atoms with Gasteiger partial charge in [0.15, 0.2) is 6.61 Å². The number of hydrazone groups is 1. The first-order chi connectivity index (χ1) is 12.6. The van der Waals surface area contributed by atoms with E-state index < -0.39 is 5.97 Å². The third-order valence-electron chi connectivity index (χ3n) is 3.26. The average Bonchev–Trinajstić information content (AvgIpc) is 2.66. The summed E-state index contributed by atoms with van der Waals surface area (Å²) in [5.41, 5.74) is 4.47. The van der Waals surface area contributed by atoms with Gasteiger partial charge in [-0.2, -0.15) is 5.10 Å². The third kappa shape index (κ3) is 6.98. The van der Waals surface area contributed by atoms with Crippen molar-refractivity contribution >= 4 is 29.9 Å². The molecular weight excluding hydrogens is 352 g/mol. The van der Waals surface area contributed by atoms with Crippen LogP contribution in [0, 0.1) is 6.92 Å².